The molecular weight excluding hydrogens is 320 g/mol. The number of hydrogen-bond donors (Lipinski definition) is 1. The molecule has 2 rings (SSSR count). The third-order valence-electron chi connectivity index (χ3n) is 3.31. The summed E-state index contributed by atoms with van der Waals surface area (Å²) in [6.07, 6.45) is -0.0849. The summed E-state index contributed by atoms with van der Waals surface area (Å²) in [5, 5.41) is 8.94. The molecule has 0 aliphatic rings. The lowest BCUT2D eigenvalue weighted by Crippen LogP contribution is -2.01. The fraction of sp³-hybridized carbons (Fsp3) is 0.333. The van der Waals surface area contributed by atoms with Crippen LogP contribution in [0.15, 0.2) is 16.7 Å². The second-order valence-corrected chi connectivity index (χ2v) is 5.83. The minimum atomic E-state index is -0.882. The maximum absolute atomic E-state index is 10.9. The number of hydrogen-bond acceptors (Lipinski definition) is 2. The number of halogens is 1. The van der Waals surface area contributed by atoms with Crippen molar-refractivity contribution >= 4 is 21.9 Å². The van der Waals surface area contributed by atoms with Crippen molar-refractivity contribution in [3.8, 4) is 11.4 Å². The van der Waals surface area contributed by atoms with E-state index in [0.29, 0.717) is 10.3 Å². The summed E-state index contributed by atoms with van der Waals surface area (Å²) in [6, 6.07) is 4.23. The van der Waals surface area contributed by atoms with Gasteiger partial charge in [0, 0.05) is 12.6 Å². The number of carboxylic acid groups (broad SMARTS) is 1. The predicted molar refractivity (Wildman–Crippen MR) is 81.9 cm³/mol. The number of aryl methyl sites for hydroxylation is 3. The molecule has 0 spiro atoms. The number of aromatic nitrogens is 2. The van der Waals surface area contributed by atoms with Gasteiger partial charge < -0.3 is 9.67 Å². The van der Waals surface area contributed by atoms with E-state index in [2.05, 4.69) is 53.8 Å². The summed E-state index contributed by atoms with van der Waals surface area (Å²) >= 11 is 3.43. The molecule has 4 nitrogen and oxygen atoms in total. The maximum atomic E-state index is 10.9. The lowest BCUT2D eigenvalue weighted by Gasteiger charge is -2.11. The van der Waals surface area contributed by atoms with Crippen molar-refractivity contribution in [2.45, 2.75) is 27.2 Å². The summed E-state index contributed by atoms with van der Waals surface area (Å²) in [5.74, 6) is -0.0872. The number of carbonyl (C=O) groups is 1. The molecule has 1 N–H and O–H groups in total. The van der Waals surface area contributed by atoms with Gasteiger partial charge in [-0.15, -0.1) is 0 Å². The first-order valence-corrected chi connectivity index (χ1v) is 7.11. The zero-order valence-electron chi connectivity index (χ0n) is 12.0. The Morgan fingerprint density at radius 2 is 1.85 bits per heavy atom. The van der Waals surface area contributed by atoms with Crippen molar-refractivity contribution in [2.75, 3.05) is 0 Å². The molecule has 20 heavy (non-hydrogen) atoms. The van der Waals surface area contributed by atoms with Crippen LogP contribution in [0, 0.1) is 20.8 Å². The van der Waals surface area contributed by atoms with Gasteiger partial charge in [0.25, 0.3) is 0 Å². The van der Waals surface area contributed by atoms with Crippen molar-refractivity contribution < 1.29 is 9.90 Å². The van der Waals surface area contributed by atoms with E-state index in [1.807, 2.05) is 11.6 Å². The predicted octanol–water partition coefficient (Wildman–Crippen LogP) is 3.40. The molecule has 0 saturated heterocycles. The third kappa shape index (κ3) is 2.63. The number of imidazole rings is 1. The van der Waals surface area contributed by atoms with Crippen LogP contribution in [-0.2, 0) is 18.3 Å². The third-order valence-corrected chi connectivity index (χ3v) is 4.30. The molecule has 0 saturated carbocycles. The van der Waals surface area contributed by atoms with E-state index < -0.39 is 5.97 Å². The van der Waals surface area contributed by atoms with Crippen LogP contribution in [0.1, 0.15) is 22.4 Å². The molecule has 0 aliphatic heterocycles. The van der Waals surface area contributed by atoms with Gasteiger partial charge >= 0.3 is 5.97 Å². The SMILES string of the molecule is Cc1cc(C)c(-c2nc(CC(=O)O)c(Br)n2C)c(C)c1. The van der Waals surface area contributed by atoms with Crippen LogP contribution in [-0.4, -0.2) is 20.6 Å². The molecule has 0 bridgehead atoms. The summed E-state index contributed by atoms with van der Waals surface area (Å²) in [4.78, 5) is 15.4. The molecule has 0 amide bonds. The summed E-state index contributed by atoms with van der Waals surface area (Å²) in [5.41, 5.74) is 5.11. The van der Waals surface area contributed by atoms with Gasteiger partial charge in [0.1, 0.15) is 10.4 Å². The van der Waals surface area contributed by atoms with Crippen LogP contribution in [0.3, 0.4) is 0 Å². The van der Waals surface area contributed by atoms with E-state index in [0.717, 1.165) is 22.5 Å². The van der Waals surface area contributed by atoms with Crippen LogP contribution in [0.25, 0.3) is 11.4 Å². The van der Waals surface area contributed by atoms with Gasteiger partial charge in [0.2, 0.25) is 0 Å². The number of nitrogens with zero attached hydrogens (tertiary/aromatic N) is 2. The van der Waals surface area contributed by atoms with Gasteiger partial charge in [-0.1, -0.05) is 17.7 Å². The zero-order chi connectivity index (χ0) is 15.0. The number of benzene rings is 1. The van der Waals surface area contributed by atoms with Crippen molar-refractivity contribution in [2.24, 2.45) is 7.05 Å². The summed E-state index contributed by atoms with van der Waals surface area (Å²) in [6.45, 7) is 6.16. The highest BCUT2D eigenvalue weighted by Crippen LogP contribution is 2.31. The molecule has 0 atom stereocenters. The largest absolute Gasteiger partial charge is 0.481 e. The molecule has 0 fully saturated rings. The fourth-order valence-electron chi connectivity index (χ4n) is 2.55. The van der Waals surface area contributed by atoms with Gasteiger partial charge in [-0.3, -0.25) is 4.79 Å². The first kappa shape index (κ1) is 14.8. The Morgan fingerprint density at radius 3 is 2.35 bits per heavy atom. The minimum absolute atomic E-state index is 0.0849. The van der Waals surface area contributed by atoms with Gasteiger partial charge in [0.15, 0.2) is 0 Å². The monoisotopic (exact) mass is 336 g/mol. The quantitative estimate of drug-likeness (QED) is 0.934. The highest BCUT2D eigenvalue weighted by atomic mass is 79.9. The van der Waals surface area contributed by atoms with Crippen molar-refractivity contribution in [3.05, 3.63) is 39.1 Å². The summed E-state index contributed by atoms with van der Waals surface area (Å²) < 4.78 is 2.61. The van der Waals surface area contributed by atoms with Crippen LogP contribution < -0.4 is 0 Å². The maximum Gasteiger partial charge on any atom is 0.309 e. The molecule has 1 heterocycles. The molecule has 0 aliphatic carbocycles. The molecule has 106 valence electrons. The van der Waals surface area contributed by atoms with Crippen molar-refractivity contribution in [1.29, 1.82) is 0 Å². The zero-order valence-corrected chi connectivity index (χ0v) is 13.6. The molecular formula is C15H17BrN2O2. The van der Waals surface area contributed by atoms with Gasteiger partial charge in [-0.25, -0.2) is 4.98 Å². The Hall–Kier alpha value is -1.62. The first-order valence-electron chi connectivity index (χ1n) is 6.32. The Labute approximate surface area is 126 Å². The van der Waals surface area contributed by atoms with Gasteiger partial charge in [-0.05, 0) is 47.8 Å². The van der Waals surface area contributed by atoms with Crippen molar-refractivity contribution in [3.63, 3.8) is 0 Å². The summed E-state index contributed by atoms with van der Waals surface area (Å²) in [7, 11) is 1.89. The van der Waals surface area contributed by atoms with Gasteiger partial charge in [-0.2, -0.15) is 0 Å². The number of rotatable bonds is 3. The minimum Gasteiger partial charge on any atom is -0.481 e. The topological polar surface area (TPSA) is 55.1 Å². The fourth-order valence-corrected chi connectivity index (χ4v) is 2.94. The smallest absolute Gasteiger partial charge is 0.309 e. The average Bonchev–Trinajstić information content (AvgIpc) is 2.56. The van der Waals surface area contributed by atoms with Crippen LogP contribution >= 0.6 is 15.9 Å². The van der Waals surface area contributed by atoms with Crippen LogP contribution in [0.5, 0.6) is 0 Å². The number of aliphatic carboxylic acids is 1. The molecule has 2 aromatic rings. The molecule has 1 aromatic carbocycles. The van der Waals surface area contributed by atoms with Crippen LogP contribution in [0.2, 0.25) is 0 Å². The van der Waals surface area contributed by atoms with E-state index in [1.54, 1.807) is 0 Å². The molecule has 0 radical (unpaired) electrons. The Bertz CT molecular complexity index is 666. The van der Waals surface area contributed by atoms with E-state index >= 15 is 0 Å². The van der Waals surface area contributed by atoms with E-state index in [1.165, 1.54) is 5.56 Å². The number of carboxylic acids is 1. The molecule has 0 unspecified atom stereocenters. The lowest BCUT2D eigenvalue weighted by atomic mass is 9.99. The second-order valence-electron chi connectivity index (χ2n) is 5.08. The molecule has 1 aromatic heterocycles. The highest BCUT2D eigenvalue weighted by Gasteiger charge is 2.18. The first-order chi connectivity index (χ1) is 9.31. The Balaban J connectivity index is 2.62. The highest BCUT2D eigenvalue weighted by molar-refractivity contribution is 9.10. The second kappa shape index (κ2) is 5.40. The van der Waals surface area contributed by atoms with E-state index in [9.17, 15) is 4.79 Å². The lowest BCUT2D eigenvalue weighted by molar-refractivity contribution is -0.136. The average molecular weight is 337 g/mol. The van der Waals surface area contributed by atoms with Crippen LogP contribution in [0.4, 0.5) is 0 Å². The van der Waals surface area contributed by atoms with E-state index in [-0.39, 0.29) is 6.42 Å². The Kier molecular flexibility index (Phi) is 3.99. The van der Waals surface area contributed by atoms with E-state index in [4.69, 9.17) is 5.11 Å². The normalized spacial score (nSPS) is 10.8. The van der Waals surface area contributed by atoms with Crippen molar-refractivity contribution in [1.82, 2.24) is 9.55 Å². The van der Waals surface area contributed by atoms with Gasteiger partial charge in [0.05, 0.1) is 12.1 Å². The Morgan fingerprint density at radius 1 is 1.30 bits per heavy atom. The molecule has 5 heteroatoms. The standard InChI is InChI=1S/C15H17BrN2O2/c1-8-5-9(2)13(10(3)6-8)15-17-11(7-12(19)20)14(16)18(15)4/h5-6H,7H2,1-4H3,(H,19,20).